The van der Waals surface area contributed by atoms with Crippen molar-refractivity contribution in [3.05, 3.63) is 28.8 Å². The third kappa shape index (κ3) is 2.18. The SMILES string of the molecule is COc1cc(C)c(C(F)(F)C(C)C)cc1C. The highest BCUT2D eigenvalue weighted by Crippen LogP contribution is 2.39. The molecule has 1 rings (SSSR count). The molecule has 0 amide bonds. The van der Waals surface area contributed by atoms with E-state index in [9.17, 15) is 8.78 Å². The van der Waals surface area contributed by atoms with Gasteiger partial charge in [0.05, 0.1) is 7.11 Å². The number of hydrogen-bond acceptors (Lipinski definition) is 1. The Labute approximate surface area is 95.4 Å². The zero-order chi connectivity index (χ0) is 12.5. The minimum Gasteiger partial charge on any atom is -0.496 e. The van der Waals surface area contributed by atoms with E-state index in [0.717, 1.165) is 5.56 Å². The second-order valence-corrected chi connectivity index (χ2v) is 4.41. The van der Waals surface area contributed by atoms with Crippen LogP contribution >= 0.6 is 0 Å². The maximum absolute atomic E-state index is 13.9. The summed E-state index contributed by atoms with van der Waals surface area (Å²) in [4.78, 5) is 0. The average Bonchev–Trinajstić information content (AvgIpc) is 2.20. The number of rotatable bonds is 3. The summed E-state index contributed by atoms with van der Waals surface area (Å²) in [6, 6.07) is 3.19. The molecule has 0 aliphatic carbocycles. The smallest absolute Gasteiger partial charge is 0.275 e. The van der Waals surface area contributed by atoms with Gasteiger partial charge in [-0.05, 0) is 37.1 Å². The van der Waals surface area contributed by atoms with Gasteiger partial charge in [-0.15, -0.1) is 0 Å². The van der Waals surface area contributed by atoms with Gasteiger partial charge in [-0.3, -0.25) is 0 Å². The molecule has 0 fully saturated rings. The van der Waals surface area contributed by atoms with Crippen LogP contribution in [0.1, 0.15) is 30.5 Å². The van der Waals surface area contributed by atoms with Crippen LogP contribution in [0.3, 0.4) is 0 Å². The molecule has 3 heteroatoms. The molecule has 0 bridgehead atoms. The van der Waals surface area contributed by atoms with Crippen LogP contribution in [0, 0.1) is 19.8 Å². The van der Waals surface area contributed by atoms with Crippen molar-refractivity contribution in [1.29, 1.82) is 0 Å². The van der Waals surface area contributed by atoms with Crippen molar-refractivity contribution in [2.45, 2.75) is 33.6 Å². The molecule has 0 aromatic heterocycles. The molecule has 0 spiro atoms. The van der Waals surface area contributed by atoms with Crippen LogP contribution < -0.4 is 4.74 Å². The van der Waals surface area contributed by atoms with E-state index in [1.807, 2.05) is 0 Å². The first-order chi connectivity index (χ1) is 7.30. The topological polar surface area (TPSA) is 9.23 Å². The highest BCUT2D eigenvalue weighted by Gasteiger charge is 2.37. The van der Waals surface area contributed by atoms with Gasteiger partial charge in [0.2, 0.25) is 0 Å². The second kappa shape index (κ2) is 4.40. The number of methoxy groups -OCH3 is 1. The van der Waals surface area contributed by atoms with Gasteiger partial charge in [0.1, 0.15) is 5.75 Å². The molecule has 16 heavy (non-hydrogen) atoms. The molecule has 0 aliphatic rings. The Bertz CT molecular complexity index is 384. The Balaban J connectivity index is 3.31. The molecule has 0 atom stereocenters. The lowest BCUT2D eigenvalue weighted by Gasteiger charge is -2.23. The Morgan fingerprint density at radius 2 is 1.69 bits per heavy atom. The molecular weight excluding hydrogens is 210 g/mol. The highest BCUT2D eigenvalue weighted by molar-refractivity contribution is 5.43. The summed E-state index contributed by atoms with van der Waals surface area (Å²) in [5.74, 6) is -2.85. The van der Waals surface area contributed by atoms with E-state index >= 15 is 0 Å². The first-order valence-corrected chi connectivity index (χ1v) is 5.34. The third-order valence-electron chi connectivity index (χ3n) is 2.83. The predicted octanol–water partition coefficient (Wildman–Crippen LogP) is 4.06. The number of benzene rings is 1. The van der Waals surface area contributed by atoms with E-state index in [2.05, 4.69) is 0 Å². The first-order valence-electron chi connectivity index (χ1n) is 5.34. The Morgan fingerprint density at radius 1 is 1.12 bits per heavy atom. The van der Waals surface area contributed by atoms with Crippen molar-refractivity contribution < 1.29 is 13.5 Å². The lowest BCUT2D eigenvalue weighted by atomic mass is 9.92. The second-order valence-electron chi connectivity index (χ2n) is 4.41. The quantitative estimate of drug-likeness (QED) is 0.758. The minimum atomic E-state index is -2.79. The monoisotopic (exact) mass is 228 g/mol. The van der Waals surface area contributed by atoms with Gasteiger partial charge in [0.25, 0.3) is 5.92 Å². The highest BCUT2D eigenvalue weighted by atomic mass is 19.3. The number of alkyl halides is 2. The molecule has 1 aromatic carbocycles. The molecule has 90 valence electrons. The van der Waals surface area contributed by atoms with Crippen molar-refractivity contribution in [1.82, 2.24) is 0 Å². The van der Waals surface area contributed by atoms with Crippen LogP contribution in [0.5, 0.6) is 5.75 Å². The fraction of sp³-hybridized carbons (Fsp3) is 0.538. The van der Waals surface area contributed by atoms with Crippen molar-refractivity contribution in [2.75, 3.05) is 7.11 Å². The van der Waals surface area contributed by atoms with Crippen molar-refractivity contribution in [3.8, 4) is 5.75 Å². The Morgan fingerprint density at radius 3 is 2.12 bits per heavy atom. The summed E-state index contributed by atoms with van der Waals surface area (Å²) in [5, 5.41) is 0. The van der Waals surface area contributed by atoms with Gasteiger partial charge in [0.15, 0.2) is 0 Å². The van der Waals surface area contributed by atoms with Crippen LogP contribution in [0.4, 0.5) is 8.78 Å². The van der Waals surface area contributed by atoms with E-state index < -0.39 is 11.8 Å². The summed E-state index contributed by atoms with van der Waals surface area (Å²) < 4.78 is 32.9. The summed E-state index contributed by atoms with van der Waals surface area (Å²) in [5.41, 5.74) is 1.41. The fourth-order valence-electron chi connectivity index (χ4n) is 1.68. The molecule has 0 heterocycles. The Hall–Kier alpha value is -1.12. The summed E-state index contributed by atoms with van der Waals surface area (Å²) in [6.45, 7) is 6.52. The maximum atomic E-state index is 13.9. The third-order valence-corrected chi connectivity index (χ3v) is 2.83. The van der Waals surface area contributed by atoms with Crippen molar-refractivity contribution in [2.24, 2.45) is 5.92 Å². The van der Waals surface area contributed by atoms with Crippen LogP contribution in [0.2, 0.25) is 0 Å². The molecule has 0 aliphatic heterocycles. The molecule has 0 saturated carbocycles. The molecule has 0 saturated heterocycles. The molecule has 1 aromatic rings. The van der Waals surface area contributed by atoms with E-state index in [0.29, 0.717) is 11.3 Å². The van der Waals surface area contributed by atoms with Gasteiger partial charge in [-0.25, -0.2) is 8.78 Å². The first kappa shape index (κ1) is 12.9. The van der Waals surface area contributed by atoms with E-state index in [4.69, 9.17) is 4.74 Å². The summed E-state index contributed by atoms with van der Waals surface area (Å²) in [6.07, 6.45) is 0. The number of aryl methyl sites for hydroxylation is 2. The van der Waals surface area contributed by atoms with Crippen LogP contribution in [0.25, 0.3) is 0 Å². The van der Waals surface area contributed by atoms with E-state index in [1.54, 1.807) is 27.0 Å². The zero-order valence-corrected chi connectivity index (χ0v) is 10.4. The summed E-state index contributed by atoms with van der Waals surface area (Å²) in [7, 11) is 1.54. The van der Waals surface area contributed by atoms with Gasteiger partial charge in [-0.1, -0.05) is 13.8 Å². The lowest BCUT2D eigenvalue weighted by Crippen LogP contribution is -2.22. The largest absolute Gasteiger partial charge is 0.496 e. The molecular formula is C13H18F2O. The van der Waals surface area contributed by atoms with Gasteiger partial charge in [-0.2, -0.15) is 0 Å². The molecule has 0 unspecified atom stereocenters. The van der Waals surface area contributed by atoms with Crippen molar-refractivity contribution in [3.63, 3.8) is 0 Å². The molecule has 0 radical (unpaired) electrons. The molecule has 1 nitrogen and oxygen atoms in total. The van der Waals surface area contributed by atoms with Crippen LogP contribution in [0.15, 0.2) is 12.1 Å². The normalized spacial score (nSPS) is 12.0. The fourth-order valence-corrected chi connectivity index (χ4v) is 1.68. The maximum Gasteiger partial charge on any atom is 0.275 e. The van der Waals surface area contributed by atoms with Gasteiger partial charge in [0, 0.05) is 11.5 Å². The predicted molar refractivity (Wildman–Crippen MR) is 61.2 cm³/mol. The van der Waals surface area contributed by atoms with Crippen LogP contribution in [-0.2, 0) is 5.92 Å². The van der Waals surface area contributed by atoms with E-state index in [-0.39, 0.29) is 5.56 Å². The Kier molecular flexibility index (Phi) is 3.56. The standard InChI is InChI=1S/C13H18F2O/c1-8(2)13(14,15)11-6-10(4)12(16-5)7-9(11)3/h6-8H,1-5H3. The van der Waals surface area contributed by atoms with Crippen LogP contribution in [-0.4, -0.2) is 7.11 Å². The lowest BCUT2D eigenvalue weighted by molar-refractivity contribution is -0.0520. The summed E-state index contributed by atoms with van der Waals surface area (Å²) >= 11 is 0. The zero-order valence-electron chi connectivity index (χ0n) is 10.4. The van der Waals surface area contributed by atoms with Crippen molar-refractivity contribution >= 4 is 0 Å². The van der Waals surface area contributed by atoms with E-state index in [1.165, 1.54) is 19.9 Å². The van der Waals surface area contributed by atoms with Gasteiger partial charge < -0.3 is 4.74 Å². The number of ether oxygens (including phenoxy) is 1. The average molecular weight is 228 g/mol. The number of halogens is 2. The minimum absolute atomic E-state index is 0.0980. The van der Waals surface area contributed by atoms with Gasteiger partial charge >= 0.3 is 0 Å². The molecule has 0 N–H and O–H groups in total. The number of hydrogen-bond donors (Lipinski definition) is 0.